The summed E-state index contributed by atoms with van der Waals surface area (Å²) in [6.45, 7) is 3.41. The van der Waals surface area contributed by atoms with Crippen molar-refractivity contribution in [2.75, 3.05) is 53.5 Å². The topological polar surface area (TPSA) is 85.1 Å². The van der Waals surface area contributed by atoms with Gasteiger partial charge >= 0.3 is 5.97 Å². The molecule has 1 aliphatic rings. The molecule has 1 atom stereocenters. The third kappa shape index (κ3) is 5.85. The number of esters is 1. The Morgan fingerprint density at radius 1 is 1.50 bits per heavy atom. The van der Waals surface area contributed by atoms with Gasteiger partial charge in [0.2, 0.25) is 5.91 Å². The normalized spacial score (nSPS) is 19.6. The van der Waals surface area contributed by atoms with Crippen LogP contribution in [-0.2, 0) is 19.1 Å². The molecule has 0 spiro atoms. The summed E-state index contributed by atoms with van der Waals surface area (Å²) in [5.41, 5.74) is 5.43. The molecule has 1 rings (SSSR count). The van der Waals surface area contributed by atoms with Gasteiger partial charge < -0.3 is 20.1 Å². The number of likely N-dealkylation sites (N-methyl/N-ethyl adjacent to an activating group) is 1. The zero-order valence-corrected chi connectivity index (χ0v) is 12.3. The molecule has 1 amide bonds. The molecule has 0 aromatic heterocycles. The molecular weight excluding hydrogens is 262 g/mol. The van der Waals surface area contributed by atoms with Crippen LogP contribution >= 0.6 is 0 Å². The first-order chi connectivity index (χ1) is 9.56. The van der Waals surface area contributed by atoms with E-state index >= 15 is 0 Å². The van der Waals surface area contributed by atoms with Crippen LogP contribution in [-0.4, -0.2) is 81.3 Å². The van der Waals surface area contributed by atoms with E-state index in [2.05, 4.69) is 4.74 Å². The van der Waals surface area contributed by atoms with Gasteiger partial charge in [0.05, 0.1) is 32.8 Å². The van der Waals surface area contributed by atoms with Crippen LogP contribution in [0.15, 0.2) is 0 Å². The number of morpholine rings is 1. The third-order valence-corrected chi connectivity index (χ3v) is 3.33. The lowest BCUT2D eigenvalue weighted by Gasteiger charge is -2.32. The molecule has 7 heteroatoms. The molecule has 1 unspecified atom stereocenters. The van der Waals surface area contributed by atoms with Crippen molar-refractivity contribution in [2.24, 2.45) is 5.73 Å². The molecule has 1 fully saturated rings. The zero-order valence-electron chi connectivity index (χ0n) is 12.3. The van der Waals surface area contributed by atoms with Crippen LogP contribution in [0.4, 0.5) is 0 Å². The van der Waals surface area contributed by atoms with Crippen LogP contribution in [0.3, 0.4) is 0 Å². The molecule has 0 aromatic rings. The van der Waals surface area contributed by atoms with Crippen molar-refractivity contribution in [1.82, 2.24) is 9.80 Å². The fourth-order valence-corrected chi connectivity index (χ4v) is 2.08. The van der Waals surface area contributed by atoms with Crippen LogP contribution in [0.5, 0.6) is 0 Å². The third-order valence-electron chi connectivity index (χ3n) is 3.33. The first-order valence-electron chi connectivity index (χ1n) is 6.91. The van der Waals surface area contributed by atoms with Crippen molar-refractivity contribution in [3.05, 3.63) is 0 Å². The number of methoxy groups -OCH3 is 1. The predicted molar refractivity (Wildman–Crippen MR) is 74.1 cm³/mol. The Morgan fingerprint density at radius 3 is 2.90 bits per heavy atom. The van der Waals surface area contributed by atoms with Gasteiger partial charge in [-0.1, -0.05) is 0 Å². The second kappa shape index (κ2) is 8.89. The largest absolute Gasteiger partial charge is 0.469 e. The van der Waals surface area contributed by atoms with E-state index in [9.17, 15) is 9.59 Å². The Kier molecular flexibility index (Phi) is 7.50. The van der Waals surface area contributed by atoms with Crippen LogP contribution in [0.1, 0.15) is 12.8 Å². The Morgan fingerprint density at radius 2 is 2.25 bits per heavy atom. The molecule has 116 valence electrons. The monoisotopic (exact) mass is 287 g/mol. The van der Waals surface area contributed by atoms with Crippen molar-refractivity contribution in [3.8, 4) is 0 Å². The fourth-order valence-electron chi connectivity index (χ4n) is 2.08. The Hall–Kier alpha value is -1.18. The van der Waals surface area contributed by atoms with Crippen molar-refractivity contribution >= 4 is 11.9 Å². The van der Waals surface area contributed by atoms with Gasteiger partial charge in [0.25, 0.3) is 0 Å². The molecule has 2 N–H and O–H groups in total. The molecule has 1 saturated heterocycles. The molecule has 20 heavy (non-hydrogen) atoms. The number of amides is 1. The Bertz CT molecular complexity index is 325. The van der Waals surface area contributed by atoms with Crippen molar-refractivity contribution < 1.29 is 19.1 Å². The number of carbonyl (C=O) groups is 2. The summed E-state index contributed by atoms with van der Waals surface area (Å²) in [5.74, 6) is -0.222. The highest BCUT2D eigenvalue weighted by atomic mass is 16.5. The number of carbonyl (C=O) groups excluding carboxylic acids is 2. The highest BCUT2D eigenvalue weighted by molar-refractivity contribution is 5.78. The molecule has 0 aromatic carbocycles. The number of hydrogen-bond donors (Lipinski definition) is 1. The minimum Gasteiger partial charge on any atom is -0.469 e. The number of hydrogen-bond acceptors (Lipinski definition) is 6. The van der Waals surface area contributed by atoms with Crippen molar-refractivity contribution in [1.29, 1.82) is 0 Å². The highest BCUT2D eigenvalue weighted by Crippen LogP contribution is 2.09. The van der Waals surface area contributed by atoms with E-state index in [0.29, 0.717) is 39.3 Å². The summed E-state index contributed by atoms with van der Waals surface area (Å²) in [4.78, 5) is 26.9. The summed E-state index contributed by atoms with van der Waals surface area (Å²) in [5, 5.41) is 0. The standard InChI is InChI=1S/C13H25N3O4/c1-15(5-3-4-14)12(17)10-16-6-7-20-11(9-16)8-13(18)19-2/h11H,3-10,14H2,1-2H3. The summed E-state index contributed by atoms with van der Waals surface area (Å²) in [6.07, 6.45) is 0.832. The molecule has 0 radical (unpaired) electrons. The Balaban J connectivity index is 2.35. The second-order valence-corrected chi connectivity index (χ2v) is 4.97. The van der Waals surface area contributed by atoms with Gasteiger partial charge in [-0.15, -0.1) is 0 Å². The first-order valence-corrected chi connectivity index (χ1v) is 6.91. The van der Waals surface area contributed by atoms with E-state index < -0.39 is 0 Å². The number of nitrogens with zero attached hydrogens (tertiary/aromatic N) is 2. The van der Waals surface area contributed by atoms with E-state index in [0.717, 1.165) is 6.42 Å². The summed E-state index contributed by atoms with van der Waals surface area (Å²) >= 11 is 0. The second-order valence-electron chi connectivity index (χ2n) is 4.97. The maximum atomic E-state index is 12.0. The van der Waals surface area contributed by atoms with E-state index in [1.807, 2.05) is 4.90 Å². The maximum absolute atomic E-state index is 12.0. The van der Waals surface area contributed by atoms with E-state index in [1.165, 1.54) is 7.11 Å². The van der Waals surface area contributed by atoms with Gasteiger partial charge in [-0.25, -0.2) is 0 Å². The van der Waals surface area contributed by atoms with E-state index in [4.69, 9.17) is 10.5 Å². The van der Waals surface area contributed by atoms with Crippen molar-refractivity contribution in [2.45, 2.75) is 18.9 Å². The molecule has 0 aliphatic carbocycles. The van der Waals surface area contributed by atoms with Gasteiger partial charge in [0.15, 0.2) is 0 Å². The smallest absolute Gasteiger partial charge is 0.308 e. The number of nitrogens with two attached hydrogens (primary N) is 1. The lowest BCUT2D eigenvalue weighted by molar-refractivity contribution is -0.146. The maximum Gasteiger partial charge on any atom is 0.308 e. The summed E-state index contributed by atoms with van der Waals surface area (Å²) < 4.78 is 10.1. The van der Waals surface area contributed by atoms with Gasteiger partial charge in [-0.3, -0.25) is 14.5 Å². The molecule has 7 nitrogen and oxygen atoms in total. The fraction of sp³-hybridized carbons (Fsp3) is 0.846. The average molecular weight is 287 g/mol. The molecule has 1 aliphatic heterocycles. The molecule has 0 bridgehead atoms. The zero-order chi connectivity index (χ0) is 15.0. The van der Waals surface area contributed by atoms with Gasteiger partial charge in [-0.2, -0.15) is 0 Å². The highest BCUT2D eigenvalue weighted by Gasteiger charge is 2.25. The number of ether oxygens (including phenoxy) is 2. The Labute approximate surface area is 120 Å². The molecular formula is C13H25N3O4. The van der Waals surface area contributed by atoms with E-state index in [-0.39, 0.29) is 24.4 Å². The summed E-state index contributed by atoms with van der Waals surface area (Å²) in [6, 6.07) is 0. The summed E-state index contributed by atoms with van der Waals surface area (Å²) in [7, 11) is 3.14. The van der Waals surface area contributed by atoms with Crippen molar-refractivity contribution in [3.63, 3.8) is 0 Å². The van der Waals surface area contributed by atoms with Crippen LogP contribution in [0, 0.1) is 0 Å². The minimum absolute atomic E-state index is 0.0668. The SMILES string of the molecule is COC(=O)CC1CN(CC(=O)N(C)CCCN)CCO1. The quantitative estimate of drug-likeness (QED) is 0.608. The first kappa shape index (κ1) is 16.9. The number of rotatable bonds is 7. The minimum atomic E-state index is -0.289. The van der Waals surface area contributed by atoms with Crippen LogP contribution in [0.25, 0.3) is 0 Å². The van der Waals surface area contributed by atoms with E-state index in [1.54, 1.807) is 11.9 Å². The molecule has 1 heterocycles. The molecule has 0 saturated carbocycles. The lowest BCUT2D eigenvalue weighted by atomic mass is 10.2. The van der Waals surface area contributed by atoms with Crippen LogP contribution < -0.4 is 5.73 Å². The lowest BCUT2D eigenvalue weighted by Crippen LogP contribution is -2.48. The van der Waals surface area contributed by atoms with Gasteiger partial charge in [-0.05, 0) is 13.0 Å². The van der Waals surface area contributed by atoms with Gasteiger partial charge in [0, 0.05) is 26.7 Å². The van der Waals surface area contributed by atoms with Gasteiger partial charge in [0.1, 0.15) is 0 Å². The average Bonchev–Trinajstić information content (AvgIpc) is 2.44. The van der Waals surface area contributed by atoms with Crippen LogP contribution in [0.2, 0.25) is 0 Å². The predicted octanol–water partition coefficient (Wildman–Crippen LogP) is -0.942.